The number of carbonyl (C=O) groups is 2. The molecule has 0 radical (unpaired) electrons. The first kappa shape index (κ1) is 19.4. The Kier molecular flexibility index (Phi) is 6.62. The second kappa shape index (κ2) is 9.55. The molecule has 0 bridgehead atoms. The number of benzene rings is 2. The molecule has 0 atom stereocenters. The van der Waals surface area contributed by atoms with Gasteiger partial charge in [0.2, 0.25) is 0 Å². The van der Waals surface area contributed by atoms with Gasteiger partial charge in [0.05, 0.1) is 18.5 Å². The van der Waals surface area contributed by atoms with Crippen molar-refractivity contribution in [1.82, 2.24) is 5.43 Å². The predicted molar refractivity (Wildman–Crippen MR) is 107 cm³/mol. The SMILES string of the molecule is CCCCOc1ccc(/C=N\NC(=O)CN2C(=O)COc3ccccc32)cc1. The average molecular weight is 381 g/mol. The van der Waals surface area contributed by atoms with E-state index in [9.17, 15) is 9.59 Å². The molecule has 2 aromatic rings. The molecule has 0 aromatic heterocycles. The first-order chi connectivity index (χ1) is 13.7. The van der Waals surface area contributed by atoms with E-state index in [0.717, 1.165) is 24.2 Å². The number of unbranched alkanes of at least 4 members (excludes halogenated alkanes) is 1. The summed E-state index contributed by atoms with van der Waals surface area (Å²) in [5, 5.41) is 3.96. The van der Waals surface area contributed by atoms with Gasteiger partial charge in [0.1, 0.15) is 18.0 Å². The van der Waals surface area contributed by atoms with Crippen LogP contribution in [-0.2, 0) is 9.59 Å². The standard InChI is InChI=1S/C21H23N3O4/c1-2-3-12-27-17-10-8-16(9-11-17)13-22-23-20(25)14-24-18-6-4-5-7-19(18)28-15-21(24)26/h4-11,13H,2-3,12,14-15H2,1H3,(H,23,25)/b22-13-. The van der Waals surface area contributed by atoms with Crippen LogP contribution in [-0.4, -0.2) is 37.8 Å². The van der Waals surface area contributed by atoms with Gasteiger partial charge in [-0.15, -0.1) is 0 Å². The van der Waals surface area contributed by atoms with E-state index in [-0.39, 0.29) is 25.0 Å². The van der Waals surface area contributed by atoms with Crippen molar-refractivity contribution in [2.24, 2.45) is 5.10 Å². The Morgan fingerprint density at radius 2 is 2.04 bits per heavy atom. The molecule has 3 rings (SSSR count). The number of carbonyl (C=O) groups excluding carboxylic acids is 2. The number of hydrazone groups is 1. The molecule has 1 heterocycles. The van der Waals surface area contributed by atoms with Crippen LogP contribution in [0.5, 0.6) is 11.5 Å². The lowest BCUT2D eigenvalue weighted by molar-refractivity contribution is -0.125. The molecule has 0 spiro atoms. The van der Waals surface area contributed by atoms with E-state index in [2.05, 4.69) is 17.5 Å². The number of nitrogens with zero attached hydrogens (tertiary/aromatic N) is 2. The minimum atomic E-state index is -0.388. The third-order valence-corrected chi connectivity index (χ3v) is 4.16. The van der Waals surface area contributed by atoms with Crippen molar-refractivity contribution in [3.63, 3.8) is 0 Å². The van der Waals surface area contributed by atoms with Gasteiger partial charge in [0, 0.05) is 0 Å². The maximum atomic E-state index is 12.2. The van der Waals surface area contributed by atoms with Crippen LogP contribution in [0.25, 0.3) is 0 Å². The molecular weight excluding hydrogens is 358 g/mol. The summed E-state index contributed by atoms with van der Waals surface area (Å²) in [5.41, 5.74) is 3.86. The molecule has 2 amide bonds. The summed E-state index contributed by atoms with van der Waals surface area (Å²) in [4.78, 5) is 25.7. The van der Waals surface area contributed by atoms with Crippen molar-refractivity contribution < 1.29 is 19.1 Å². The van der Waals surface area contributed by atoms with Crippen LogP contribution >= 0.6 is 0 Å². The number of hydrogen-bond acceptors (Lipinski definition) is 5. The maximum Gasteiger partial charge on any atom is 0.265 e. The van der Waals surface area contributed by atoms with Crippen LogP contribution in [0.2, 0.25) is 0 Å². The normalized spacial score (nSPS) is 13.2. The fourth-order valence-electron chi connectivity index (χ4n) is 2.67. The highest BCUT2D eigenvalue weighted by Gasteiger charge is 2.26. The van der Waals surface area contributed by atoms with Crippen molar-refractivity contribution in [3.05, 3.63) is 54.1 Å². The summed E-state index contributed by atoms with van der Waals surface area (Å²) in [6, 6.07) is 14.6. The largest absolute Gasteiger partial charge is 0.494 e. The first-order valence-corrected chi connectivity index (χ1v) is 9.24. The number of para-hydroxylation sites is 2. The zero-order valence-electron chi connectivity index (χ0n) is 15.8. The highest BCUT2D eigenvalue weighted by molar-refractivity contribution is 6.02. The molecule has 0 saturated heterocycles. The van der Waals surface area contributed by atoms with Crippen LogP contribution in [0.1, 0.15) is 25.3 Å². The van der Waals surface area contributed by atoms with Crippen molar-refractivity contribution >= 4 is 23.7 Å². The molecule has 7 heteroatoms. The Morgan fingerprint density at radius 3 is 2.82 bits per heavy atom. The topological polar surface area (TPSA) is 80.2 Å². The fourth-order valence-corrected chi connectivity index (χ4v) is 2.67. The van der Waals surface area contributed by atoms with Crippen LogP contribution < -0.4 is 19.8 Å². The number of amides is 2. The zero-order chi connectivity index (χ0) is 19.8. The Labute approximate surface area is 163 Å². The molecule has 1 aliphatic rings. The van der Waals surface area contributed by atoms with E-state index >= 15 is 0 Å². The second-order valence-electron chi connectivity index (χ2n) is 6.30. The maximum absolute atomic E-state index is 12.2. The van der Waals surface area contributed by atoms with E-state index in [0.29, 0.717) is 18.0 Å². The first-order valence-electron chi connectivity index (χ1n) is 9.24. The highest BCUT2D eigenvalue weighted by atomic mass is 16.5. The monoisotopic (exact) mass is 381 g/mol. The minimum absolute atomic E-state index is 0.0831. The van der Waals surface area contributed by atoms with Crippen molar-refractivity contribution in [3.8, 4) is 11.5 Å². The fraction of sp³-hybridized carbons (Fsp3) is 0.286. The van der Waals surface area contributed by atoms with Gasteiger partial charge in [-0.2, -0.15) is 5.10 Å². The van der Waals surface area contributed by atoms with Gasteiger partial charge < -0.3 is 9.47 Å². The molecule has 1 N–H and O–H groups in total. The minimum Gasteiger partial charge on any atom is -0.494 e. The predicted octanol–water partition coefficient (Wildman–Crippen LogP) is 2.74. The lowest BCUT2D eigenvalue weighted by Gasteiger charge is -2.28. The molecule has 28 heavy (non-hydrogen) atoms. The summed E-state index contributed by atoms with van der Waals surface area (Å²) in [6.45, 7) is 2.61. The Balaban J connectivity index is 1.52. The summed E-state index contributed by atoms with van der Waals surface area (Å²) in [5.74, 6) is 0.732. The quantitative estimate of drug-likeness (QED) is 0.433. The highest BCUT2D eigenvalue weighted by Crippen LogP contribution is 2.31. The Hall–Kier alpha value is -3.35. The van der Waals surface area contributed by atoms with Crippen LogP contribution in [0.4, 0.5) is 5.69 Å². The zero-order valence-corrected chi connectivity index (χ0v) is 15.8. The van der Waals surface area contributed by atoms with Gasteiger partial charge in [0.15, 0.2) is 6.61 Å². The van der Waals surface area contributed by atoms with E-state index < -0.39 is 0 Å². The van der Waals surface area contributed by atoms with Crippen LogP contribution in [0.3, 0.4) is 0 Å². The molecular formula is C21H23N3O4. The third-order valence-electron chi connectivity index (χ3n) is 4.16. The molecule has 0 aliphatic carbocycles. The van der Waals surface area contributed by atoms with Crippen molar-refractivity contribution in [2.75, 3.05) is 24.7 Å². The van der Waals surface area contributed by atoms with E-state index in [1.165, 1.54) is 4.90 Å². The molecule has 146 valence electrons. The number of ether oxygens (including phenoxy) is 2. The number of hydrogen-bond donors (Lipinski definition) is 1. The summed E-state index contributed by atoms with van der Waals surface area (Å²) in [7, 11) is 0. The second-order valence-corrected chi connectivity index (χ2v) is 6.30. The molecule has 2 aromatic carbocycles. The van der Waals surface area contributed by atoms with Gasteiger partial charge in [0.25, 0.3) is 11.8 Å². The van der Waals surface area contributed by atoms with Gasteiger partial charge in [-0.25, -0.2) is 5.43 Å². The lowest BCUT2D eigenvalue weighted by Crippen LogP contribution is -2.44. The average Bonchev–Trinajstić information content (AvgIpc) is 2.71. The molecule has 0 saturated carbocycles. The number of nitrogens with one attached hydrogen (secondary N) is 1. The van der Waals surface area contributed by atoms with Crippen LogP contribution in [0.15, 0.2) is 53.6 Å². The van der Waals surface area contributed by atoms with E-state index in [1.54, 1.807) is 24.4 Å². The van der Waals surface area contributed by atoms with Crippen molar-refractivity contribution in [1.29, 1.82) is 0 Å². The molecule has 1 aliphatic heterocycles. The van der Waals surface area contributed by atoms with Crippen LogP contribution in [0, 0.1) is 0 Å². The van der Waals surface area contributed by atoms with Gasteiger partial charge in [-0.3, -0.25) is 14.5 Å². The van der Waals surface area contributed by atoms with E-state index in [4.69, 9.17) is 9.47 Å². The molecule has 7 nitrogen and oxygen atoms in total. The summed E-state index contributed by atoms with van der Waals surface area (Å²) >= 11 is 0. The third kappa shape index (κ3) is 5.09. The van der Waals surface area contributed by atoms with Gasteiger partial charge in [-0.1, -0.05) is 25.5 Å². The Bertz CT molecular complexity index is 849. The molecule has 0 unspecified atom stereocenters. The smallest absolute Gasteiger partial charge is 0.265 e. The lowest BCUT2D eigenvalue weighted by atomic mass is 10.2. The van der Waals surface area contributed by atoms with E-state index in [1.807, 2.05) is 30.3 Å². The van der Waals surface area contributed by atoms with Gasteiger partial charge in [-0.05, 0) is 48.4 Å². The number of rotatable bonds is 8. The van der Waals surface area contributed by atoms with Gasteiger partial charge >= 0.3 is 0 Å². The molecule has 0 fully saturated rings. The Morgan fingerprint density at radius 1 is 1.25 bits per heavy atom. The number of anilines is 1. The summed E-state index contributed by atoms with van der Waals surface area (Å²) in [6.07, 6.45) is 3.65. The summed E-state index contributed by atoms with van der Waals surface area (Å²) < 4.78 is 11.0. The number of fused-ring (bicyclic) bond motifs is 1. The van der Waals surface area contributed by atoms with Crippen molar-refractivity contribution in [2.45, 2.75) is 19.8 Å².